The van der Waals surface area contributed by atoms with Gasteiger partial charge in [-0.25, -0.2) is 0 Å². The average molecular weight is 414 g/mol. The van der Waals surface area contributed by atoms with Crippen LogP contribution in [0.2, 0.25) is 0 Å². The van der Waals surface area contributed by atoms with Gasteiger partial charge < -0.3 is 0 Å². The zero-order chi connectivity index (χ0) is 18.2. The van der Waals surface area contributed by atoms with Gasteiger partial charge in [0, 0.05) is 0 Å². The Morgan fingerprint density at radius 3 is 2.44 bits per heavy atom. The quantitative estimate of drug-likeness (QED) is 0.469. The van der Waals surface area contributed by atoms with Crippen LogP contribution < -0.4 is 10.5 Å². The predicted molar refractivity (Wildman–Crippen MR) is 93.4 cm³/mol. The minimum absolute atomic E-state index is 0.0109. The van der Waals surface area contributed by atoms with Crippen LogP contribution in [0.1, 0.15) is 19.4 Å². The summed E-state index contributed by atoms with van der Waals surface area (Å²) < 4.78 is 46.3. The molecule has 2 aromatic heterocycles. The van der Waals surface area contributed by atoms with Crippen molar-refractivity contribution in [1.29, 1.82) is 0 Å². The first-order valence-corrected chi connectivity index (χ1v) is 9.68. The van der Waals surface area contributed by atoms with Crippen molar-refractivity contribution in [2.24, 2.45) is 0 Å². The zero-order valence-corrected chi connectivity index (χ0v) is 15.4. The summed E-state index contributed by atoms with van der Waals surface area (Å²) in [6.07, 6.45) is -4.62. The average Bonchev–Trinajstić information content (AvgIpc) is 3.08. The van der Waals surface area contributed by atoms with Crippen molar-refractivity contribution in [3.63, 3.8) is 0 Å². The number of benzene rings is 1. The third-order valence-corrected chi connectivity index (χ3v) is 5.93. The molecule has 0 amide bonds. The number of halogens is 3. The Bertz CT molecular complexity index is 941. The van der Waals surface area contributed by atoms with Gasteiger partial charge in [-0.2, -0.15) is 0 Å². The fourth-order valence-corrected chi connectivity index (χ4v) is 4.57. The summed E-state index contributed by atoms with van der Waals surface area (Å²) in [6, 6.07) is 7.37. The van der Waals surface area contributed by atoms with Crippen LogP contribution in [0.5, 0.6) is 0 Å². The molecule has 2 heterocycles. The van der Waals surface area contributed by atoms with Gasteiger partial charge in [-0.05, 0) is 0 Å². The zero-order valence-electron chi connectivity index (χ0n) is 13.7. The number of anilines is 1. The van der Waals surface area contributed by atoms with Crippen molar-refractivity contribution in [2.75, 3.05) is 18.0 Å². The molecule has 0 atom stereocenters. The molecule has 7 heteroatoms. The van der Waals surface area contributed by atoms with Gasteiger partial charge in [0.25, 0.3) is 0 Å². The van der Waals surface area contributed by atoms with Crippen molar-refractivity contribution in [1.82, 2.24) is 0 Å². The van der Waals surface area contributed by atoms with E-state index in [0.29, 0.717) is 24.7 Å². The molecule has 0 spiro atoms. The van der Waals surface area contributed by atoms with E-state index in [4.69, 9.17) is 4.42 Å². The number of hydrogen-bond acceptors (Lipinski definition) is 3. The fraction of sp³-hybridized carbons (Fsp3) is 0.278. The van der Waals surface area contributed by atoms with Crippen LogP contribution in [0, 0.1) is 0 Å². The van der Waals surface area contributed by atoms with Crippen LogP contribution >= 0.6 is 0 Å². The molecular formula is C18H16F3NO2Se. The van der Waals surface area contributed by atoms with E-state index in [1.807, 2.05) is 35.8 Å². The van der Waals surface area contributed by atoms with Gasteiger partial charge in [0.05, 0.1) is 0 Å². The van der Waals surface area contributed by atoms with E-state index in [1.54, 1.807) is 6.07 Å². The Morgan fingerprint density at radius 2 is 1.88 bits per heavy atom. The molecule has 25 heavy (non-hydrogen) atoms. The number of alkyl halides is 3. The molecule has 0 bridgehead atoms. The van der Waals surface area contributed by atoms with E-state index >= 15 is 0 Å². The first kappa shape index (κ1) is 17.8. The maximum atomic E-state index is 13.4. The summed E-state index contributed by atoms with van der Waals surface area (Å²) in [5.41, 5.74) is -0.547. The van der Waals surface area contributed by atoms with Gasteiger partial charge in [-0.3, -0.25) is 0 Å². The summed E-state index contributed by atoms with van der Waals surface area (Å²) in [4.78, 5) is 15.9. The van der Waals surface area contributed by atoms with Crippen molar-refractivity contribution in [3.8, 4) is 10.0 Å². The number of nitrogens with zero attached hydrogens (tertiary/aromatic N) is 1. The summed E-state index contributed by atoms with van der Waals surface area (Å²) in [5, 5.41) is -0.0818. The van der Waals surface area contributed by atoms with E-state index in [-0.39, 0.29) is 25.5 Å². The standard InChI is InChI=1S/C18H16F3NO2Se/c1-3-22(4-2)13-8-7-11-12(18(19,20)21)10-15(23)24-17(11)16(13)14-6-5-9-25-14/h5-10H,3-4H2,1-2H3. The Labute approximate surface area is 148 Å². The van der Waals surface area contributed by atoms with Crippen molar-refractivity contribution < 1.29 is 17.6 Å². The molecule has 0 aliphatic heterocycles. The Hall–Kier alpha value is -1.98. The molecule has 0 radical (unpaired) electrons. The van der Waals surface area contributed by atoms with E-state index in [9.17, 15) is 18.0 Å². The fourth-order valence-electron chi connectivity index (χ4n) is 2.94. The van der Waals surface area contributed by atoms with Crippen LogP contribution in [0.3, 0.4) is 0 Å². The summed E-state index contributed by atoms with van der Waals surface area (Å²) in [7, 11) is 0. The molecule has 3 nitrogen and oxygen atoms in total. The monoisotopic (exact) mass is 415 g/mol. The predicted octanol–water partition coefficient (Wildman–Crippen LogP) is 4.38. The Balaban J connectivity index is 2.45. The second kappa shape index (κ2) is 6.73. The second-order valence-corrected chi connectivity index (χ2v) is 7.45. The first-order chi connectivity index (χ1) is 11.9. The van der Waals surface area contributed by atoms with E-state index in [2.05, 4.69) is 0 Å². The third-order valence-electron chi connectivity index (χ3n) is 4.07. The number of hydrogen-bond donors (Lipinski definition) is 0. The second-order valence-electron chi connectivity index (χ2n) is 5.46. The molecule has 0 aliphatic carbocycles. The van der Waals surface area contributed by atoms with E-state index in [0.717, 1.165) is 10.1 Å². The molecule has 3 aromatic rings. The third kappa shape index (κ3) is 3.26. The van der Waals surface area contributed by atoms with Crippen LogP contribution in [-0.2, 0) is 6.18 Å². The van der Waals surface area contributed by atoms with Crippen LogP contribution in [0.15, 0.2) is 44.5 Å². The molecule has 0 saturated carbocycles. The van der Waals surface area contributed by atoms with Gasteiger partial charge in [0.2, 0.25) is 0 Å². The summed E-state index contributed by atoms with van der Waals surface area (Å²) in [5.74, 6) is 0. The molecule has 0 fully saturated rings. The van der Waals surface area contributed by atoms with Crippen LogP contribution in [0.25, 0.3) is 21.0 Å². The first-order valence-electron chi connectivity index (χ1n) is 7.83. The van der Waals surface area contributed by atoms with Gasteiger partial charge >= 0.3 is 148 Å². The van der Waals surface area contributed by atoms with Crippen molar-refractivity contribution >= 4 is 31.2 Å². The van der Waals surface area contributed by atoms with Crippen LogP contribution in [0.4, 0.5) is 18.9 Å². The Morgan fingerprint density at radius 1 is 1.16 bits per heavy atom. The minimum atomic E-state index is -4.62. The number of rotatable bonds is 4. The Kier molecular flexibility index (Phi) is 4.80. The van der Waals surface area contributed by atoms with Crippen molar-refractivity contribution in [2.45, 2.75) is 20.0 Å². The van der Waals surface area contributed by atoms with Gasteiger partial charge in [-0.1, -0.05) is 0 Å². The number of fused-ring (bicyclic) bond motifs is 1. The molecule has 132 valence electrons. The van der Waals surface area contributed by atoms with E-state index < -0.39 is 17.4 Å². The maximum absolute atomic E-state index is 13.4. The molecule has 0 saturated heterocycles. The molecule has 0 N–H and O–H groups in total. The van der Waals surface area contributed by atoms with Gasteiger partial charge in [0.15, 0.2) is 0 Å². The van der Waals surface area contributed by atoms with E-state index in [1.165, 1.54) is 6.07 Å². The molecule has 0 unspecified atom stereocenters. The molecule has 1 aromatic carbocycles. The normalized spacial score (nSPS) is 11.9. The molecule has 3 rings (SSSR count). The molecular weight excluding hydrogens is 398 g/mol. The molecule has 0 aliphatic rings. The SMILES string of the molecule is CCN(CC)c1ccc2c(C(F)(F)F)cc(=O)oc2c1-c1ccc[se]1. The van der Waals surface area contributed by atoms with Crippen LogP contribution in [-0.4, -0.2) is 27.6 Å². The van der Waals surface area contributed by atoms with Gasteiger partial charge in [0.1, 0.15) is 0 Å². The summed E-state index contributed by atoms with van der Waals surface area (Å²) >= 11 is -0.0109. The topological polar surface area (TPSA) is 33.5 Å². The van der Waals surface area contributed by atoms with Gasteiger partial charge in [-0.15, -0.1) is 0 Å². The van der Waals surface area contributed by atoms with Crippen molar-refractivity contribution in [3.05, 3.63) is 51.3 Å². The summed E-state index contributed by atoms with van der Waals surface area (Å²) in [6.45, 7) is 5.36.